The summed E-state index contributed by atoms with van der Waals surface area (Å²) in [4.78, 5) is 31.9. The minimum absolute atomic E-state index is 0.00205. The highest BCUT2D eigenvalue weighted by molar-refractivity contribution is 5.96. The molecule has 2 aromatic heterocycles. The predicted molar refractivity (Wildman–Crippen MR) is 145 cm³/mol. The summed E-state index contributed by atoms with van der Waals surface area (Å²) >= 11 is 0. The number of pyridine rings is 1. The van der Waals surface area contributed by atoms with Crippen LogP contribution < -0.4 is 10.9 Å². The molecule has 1 aliphatic carbocycles. The number of hydrogen-bond donors (Lipinski definition) is 2. The molecule has 2 amide bonds. The SMILES string of the molecule is Cc1cc([C@@H](NC(=O)c2cc(Cn3ccn(C)c3=NC(=O)O)cc(-c3cccnc3C(F)(F)F)c2F)C2CC2)ccc1F. The molecule has 5 rings (SSSR count). The van der Waals surface area contributed by atoms with Crippen molar-refractivity contribution in [1.29, 1.82) is 0 Å². The molecule has 224 valence electrons. The Hall–Kier alpha value is -4.81. The number of nitrogens with zero attached hydrogens (tertiary/aromatic N) is 4. The number of amides is 2. The molecule has 0 saturated heterocycles. The summed E-state index contributed by atoms with van der Waals surface area (Å²) in [6.07, 6.45) is -0.876. The topological polar surface area (TPSA) is 102 Å². The Balaban J connectivity index is 1.63. The van der Waals surface area contributed by atoms with Gasteiger partial charge in [0.2, 0.25) is 5.62 Å². The number of carbonyl (C=O) groups is 2. The van der Waals surface area contributed by atoms with E-state index >= 15 is 4.39 Å². The zero-order valence-electron chi connectivity index (χ0n) is 23.0. The molecule has 4 aromatic rings. The lowest BCUT2D eigenvalue weighted by Crippen LogP contribution is -2.31. The Morgan fingerprint density at radius 2 is 1.86 bits per heavy atom. The molecule has 0 aliphatic heterocycles. The highest BCUT2D eigenvalue weighted by Crippen LogP contribution is 2.42. The number of carbonyl (C=O) groups excluding carboxylic acids is 1. The van der Waals surface area contributed by atoms with Crippen molar-refractivity contribution in [2.45, 2.75) is 38.5 Å². The first-order valence-corrected chi connectivity index (χ1v) is 13.2. The third kappa shape index (κ3) is 6.35. The van der Waals surface area contributed by atoms with E-state index in [4.69, 9.17) is 0 Å². The zero-order chi connectivity index (χ0) is 31.1. The van der Waals surface area contributed by atoms with Gasteiger partial charge in [-0.05, 0) is 66.6 Å². The van der Waals surface area contributed by atoms with Crippen molar-refractivity contribution in [2.75, 3.05) is 0 Å². The van der Waals surface area contributed by atoms with Crippen molar-refractivity contribution in [3.63, 3.8) is 0 Å². The van der Waals surface area contributed by atoms with E-state index in [1.807, 2.05) is 0 Å². The van der Waals surface area contributed by atoms with Gasteiger partial charge in [0.1, 0.15) is 11.6 Å². The molecule has 0 spiro atoms. The molecule has 0 radical (unpaired) electrons. The Labute approximate surface area is 242 Å². The first-order chi connectivity index (χ1) is 20.3. The Bertz CT molecular complexity index is 1790. The fourth-order valence-corrected chi connectivity index (χ4v) is 5.03. The van der Waals surface area contributed by atoms with Gasteiger partial charge < -0.3 is 19.6 Å². The molecule has 2 heterocycles. The van der Waals surface area contributed by atoms with E-state index in [1.165, 1.54) is 51.9 Å². The van der Waals surface area contributed by atoms with Crippen molar-refractivity contribution in [3.8, 4) is 11.1 Å². The van der Waals surface area contributed by atoms with E-state index in [0.29, 0.717) is 11.1 Å². The number of aryl methyl sites for hydroxylation is 2. The largest absolute Gasteiger partial charge is 0.463 e. The average molecular weight is 600 g/mol. The lowest BCUT2D eigenvalue weighted by molar-refractivity contribution is -0.140. The van der Waals surface area contributed by atoms with Crippen LogP contribution >= 0.6 is 0 Å². The highest BCUT2D eigenvalue weighted by Gasteiger charge is 2.37. The lowest BCUT2D eigenvalue weighted by atomic mass is 9.95. The molecule has 0 unspecified atom stereocenters. The number of nitrogens with one attached hydrogen (secondary N) is 1. The quantitative estimate of drug-likeness (QED) is 0.255. The van der Waals surface area contributed by atoms with Crippen LogP contribution in [0.5, 0.6) is 0 Å². The van der Waals surface area contributed by atoms with Crippen LogP contribution in [0.4, 0.5) is 26.7 Å². The number of carboxylic acid groups (broad SMARTS) is 1. The number of alkyl halides is 3. The van der Waals surface area contributed by atoms with Crippen LogP contribution in [-0.2, 0) is 19.8 Å². The molecule has 1 aliphatic rings. The monoisotopic (exact) mass is 599 g/mol. The minimum Gasteiger partial charge on any atom is -0.463 e. The highest BCUT2D eigenvalue weighted by atomic mass is 19.4. The van der Waals surface area contributed by atoms with Gasteiger partial charge in [-0.3, -0.25) is 9.78 Å². The standard InChI is InChI=1S/C30H26F5N5O3/c1-16-12-19(7-8-23(16)31)25(18-5-6-18)37-27(41)22-14-17(15-40-11-10-39(2)28(40)38-29(42)43)13-21(24(22)32)20-4-3-9-36-26(20)30(33,34)35/h3-4,7-14,18,25H,5-6,15H2,1-2H3,(H,37,41)(H,42,43)/t25-/m0/s1. The summed E-state index contributed by atoms with van der Waals surface area (Å²) < 4.78 is 74.6. The number of halogens is 5. The molecule has 13 heteroatoms. The van der Waals surface area contributed by atoms with Gasteiger partial charge in [0.05, 0.1) is 18.2 Å². The molecule has 0 bridgehead atoms. The van der Waals surface area contributed by atoms with E-state index in [2.05, 4.69) is 15.3 Å². The van der Waals surface area contributed by atoms with E-state index in [0.717, 1.165) is 25.1 Å². The average Bonchev–Trinajstić information content (AvgIpc) is 3.74. The zero-order valence-corrected chi connectivity index (χ0v) is 23.0. The van der Waals surface area contributed by atoms with Crippen LogP contribution in [0.25, 0.3) is 11.1 Å². The molecule has 1 atom stereocenters. The summed E-state index contributed by atoms with van der Waals surface area (Å²) in [6.45, 7) is 1.43. The van der Waals surface area contributed by atoms with Crippen molar-refractivity contribution in [3.05, 3.63) is 106 Å². The maximum absolute atomic E-state index is 16.1. The fraction of sp³-hybridized carbons (Fsp3) is 0.267. The van der Waals surface area contributed by atoms with Gasteiger partial charge >= 0.3 is 12.3 Å². The molecule has 2 N–H and O–H groups in total. The van der Waals surface area contributed by atoms with Crippen molar-refractivity contribution < 1.29 is 36.6 Å². The minimum atomic E-state index is -4.92. The number of rotatable bonds is 7. The Morgan fingerprint density at radius 3 is 2.51 bits per heavy atom. The third-order valence-electron chi connectivity index (χ3n) is 7.26. The van der Waals surface area contributed by atoms with Gasteiger partial charge in [-0.25, -0.2) is 13.6 Å². The van der Waals surface area contributed by atoms with Crippen LogP contribution in [0.1, 0.15) is 51.6 Å². The second kappa shape index (κ2) is 11.5. The first-order valence-electron chi connectivity index (χ1n) is 13.2. The van der Waals surface area contributed by atoms with Gasteiger partial charge in [-0.15, -0.1) is 4.99 Å². The molecule has 8 nitrogen and oxygen atoms in total. The number of benzene rings is 2. The van der Waals surface area contributed by atoms with Crippen molar-refractivity contribution in [1.82, 2.24) is 19.4 Å². The molecule has 2 aromatic carbocycles. The fourth-order valence-electron chi connectivity index (χ4n) is 5.03. The third-order valence-corrected chi connectivity index (χ3v) is 7.26. The molecular weight excluding hydrogens is 573 g/mol. The summed E-state index contributed by atoms with van der Waals surface area (Å²) in [7, 11) is 1.55. The van der Waals surface area contributed by atoms with Crippen molar-refractivity contribution in [2.24, 2.45) is 18.0 Å². The molecule has 1 saturated carbocycles. The van der Waals surface area contributed by atoms with E-state index < -0.39 is 58.2 Å². The molecule has 43 heavy (non-hydrogen) atoms. The van der Waals surface area contributed by atoms with Crippen LogP contribution in [0.2, 0.25) is 0 Å². The number of imidazole rings is 1. The van der Waals surface area contributed by atoms with Gasteiger partial charge in [0, 0.05) is 36.8 Å². The maximum Gasteiger partial charge on any atom is 0.434 e. The maximum atomic E-state index is 16.1. The van der Waals surface area contributed by atoms with Gasteiger partial charge in [0.25, 0.3) is 5.91 Å². The van der Waals surface area contributed by atoms with Gasteiger partial charge in [-0.1, -0.05) is 18.2 Å². The predicted octanol–water partition coefficient (Wildman–Crippen LogP) is 6.00. The van der Waals surface area contributed by atoms with Crippen LogP contribution in [0.3, 0.4) is 0 Å². The first kappa shape index (κ1) is 29.7. The lowest BCUT2D eigenvalue weighted by Gasteiger charge is -2.21. The van der Waals surface area contributed by atoms with Gasteiger partial charge in [0.15, 0.2) is 5.69 Å². The normalized spacial score (nSPS) is 14.5. The summed E-state index contributed by atoms with van der Waals surface area (Å²) in [5, 5.41) is 12.0. The second-order valence-electron chi connectivity index (χ2n) is 10.4. The van der Waals surface area contributed by atoms with Gasteiger partial charge in [-0.2, -0.15) is 13.2 Å². The summed E-state index contributed by atoms with van der Waals surface area (Å²) in [5.74, 6) is -2.45. The van der Waals surface area contributed by atoms with E-state index in [-0.39, 0.29) is 23.6 Å². The van der Waals surface area contributed by atoms with Crippen LogP contribution in [0, 0.1) is 24.5 Å². The smallest absolute Gasteiger partial charge is 0.434 e. The molecular formula is C30H26F5N5O3. The second-order valence-corrected chi connectivity index (χ2v) is 10.4. The van der Waals surface area contributed by atoms with E-state index in [9.17, 15) is 32.3 Å². The van der Waals surface area contributed by atoms with Crippen LogP contribution in [0.15, 0.2) is 66.0 Å². The summed E-state index contributed by atoms with van der Waals surface area (Å²) in [6, 6.07) is 8.51. The summed E-state index contributed by atoms with van der Waals surface area (Å²) in [5.41, 5.74) is -1.71. The number of aromatic nitrogens is 3. The van der Waals surface area contributed by atoms with Crippen LogP contribution in [-0.4, -0.2) is 31.2 Å². The van der Waals surface area contributed by atoms with E-state index in [1.54, 1.807) is 20.0 Å². The Morgan fingerprint density at radius 1 is 1.12 bits per heavy atom. The van der Waals surface area contributed by atoms with Crippen molar-refractivity contribution >= 4 is 12.0 Å². The Kier molecular flexibility index (Phi) is 7.91. The number of hydrogen-bond acceptors (Lipinski definition) is 3. The molecule has 1 fully saturated rings.